The van der Waals surface area contributed by atoms with Gasteiger partial charge in [-0.3, -0.25) is 14.8 Å². The lowest BCUT2D eigenvalue weighted by molar-refractivity contribution is 0.172. The average Bonchev–Trinajstić information content (AvgIpc) is 3.24. The van der Waals surface area contributed by atoms with E-state index in [-0.39, 0.29) is 17.2 Å². The van der Waals surface area contributed by atoms with Gasteiger partial charge in [0.15, 0.2) is 0 Å². The van der Waals surface area contributed by atoms with Crippen LogP contribution in [0.4, 0.5) is 10.1 Å². The summed E-state index contributed by atoms with van der Waals surface area (Å²) in [6.07, 6.45) is 2.74. The summed E-state index contributed by atoms with van der Waals surface area (Å²) in [6, 6.07) is 11.3. The van der Waals surface area contributed by atoms with Crippen molar-refractivity contribution in [2.24, 2.45) is 0 Å². The molecule has 4 aromatic rings. The maximum atomic E-state index is 14.3. The van der Waals surface area contributed by atoms with Crippen LogP contribution in [0.15, 0.2) is 47.5 Å². The van der Waals surface area contributed by atoms with E-state index in [4.69, 9.17) is 0 Å². The van der Waals surface area contributed by atoms with Gasteiger partial charge in [-0.2, -0.15) is 10.2 Å². The average molecular weight is 431 g/mol. The number of H-pyrrole nitrogens is 2. The third kappa shape index (κ3) is 3.16. The van der Waals surface area contributed by atoms with Crippen LogP contribution in [0.1, 0.15) is 40.9 Å². The van der Waals surface area contributed by atoms with Crippen LogP contribution in [-0.4, -0.2) is 49.9 Å². The van der Waals surface area contributed by atoms with Crippen molar-refractivity contribution < 1.29 is 4.39 Å². The lowest BCUT2D eigenvalue weighted by Gasteiger charge is -2.31. The van der Waals surface area contributed by atoms with E-state index in [1.165, 1.54) is 30.4 Å². The van der Waals surface area contributed by atoms with Crippen molar-refractivity contribution in [3.63, 3.8) is 0 Å². The number of nitrogens with one attached hydrogen (secondary N) is 3. The molecule has 6 rings (SSSR count). The number of likely N-dealkylation sites (tertiary alicyclic amines) is 1. The van der Waals surface area contributed by atoms with Crippen LogP contribution >= 0.6 is 0 Å². The molecule has 0 radical (unpaired) electrons. The fourth-order valence-electron chi connectivity index (χ4n) is 4.85. The fraction of sp³-hybridized carbons (Fsp3) is 0.304. The van der Waals surface area contributed by atoms with Crippen LogP contribution in [0.5, 0.6) is 0 Å². The zero-order valence-electron chi connectivity index (χ0n) is 17.3. The summed E-state index contributed by atoms with van der Waals surface area (Å²) in [4.78, 5) is 19.3. The second-order valence-electron chi connectivity index (χ2n) is 8.52. The highest BCUT2D eigenvalue weighted by atomic mass is 19.1. The number of aromatic nitrogens is 5. The molecular weight excluding hydrogens is 409 g/mol. The van der Waals surface area contributed by atoms with Gasteiger partial charge in [-0.05, 0) is 42.8 Å². The van der Waals surface area contributed by atoms with Crippen LogP contribution in [0.25, 0.3) is 10.8 Å². The SMILES string of the molecule is O=c1[nH]nc2c3c(cc(F)cc13)NCC(c1ccc(CN3CCC3)cc1)C2c1ncn[nH]1. The van der Waals surface area contributed by atoms with E-state index in [1.807, 2.05) is 0 Å². The Morgan fingerprint density at radius 2 is 1.97 bits per heavy atom. The van der Waals surface area contributed by atoms with Gasteiger partial charge in [0.1, 0.15) is 18.0 Å². The highest BCUT2D eigenvalue weighted by Gasteiger charge is 2.35. The molecule has 32 heavy (non-hydrogen) atoms. The first-order valence-corrected chi connectivity index (χ1v) is 10.8. The number of rotatable bonds is 4. The largest absolute Gasteiger partial charge is 0.384 e. The Morgan fingerprint density at radius 1 is 1.12 bits per heavy atom. The normalized spacial score (nSPS) is 20.5. The minimum Gasteiger partial charge on any atom is -0.384 e. The first-order chi connectivity index (χ1) is 15.7. The maximum Gasteiger partial charge on any atom is 0.272 e. The fourth-order valence-corrected chi connectivity index (χ4v) is 4.85. The van der Waals surface area contributed by atoms with Gasteiger partial charge in [0.05, 0.1) is 17.0 Å². The first kappa shape index (κ1) is 19.1. The Labute approximate surface area is 182 Å². The summed E-state index contributed by atoms with van der Waals surface area (Å²) in [5.41, 5.74) is 3.18. The molecule has 2 aromatic carbocycles. The number of benzene rings is 2. The molecule has 2 aliphatic heterocycles. The Bertz CT molecular complexity index is 1330. The number of halogens is 1. The molecule has 0 aliphatic carbocycles. The van der Waals surface area contributed by atoms with Crippen molar-refractivity contribution in [2.75, 3.05) is 25.0 Å². The van der Waals surface area contributed by atoms with E-state index >= 15 is 0 Å². The summed E-state index contributed by atoms with van der Waals surface area (Å²) < 4.78 is 14.3. The molecule has 0 amide bonds. The van der Waals surface area contributed by atoms with Crippen LogP contribution < -0.4 is 10.9 Å². The zero-order chi connectivity index (χ0) is 21.7. The van der Waals surface area contributed by atoms with E-state index in [9.17, 15) is 9.18 Å². The third-order valence-electron chi connectivity index (χ3n) is 6.58. The Morgan fingerprint density at radius 3 is 2.69 bits per heavy atom. The van der Waals surface area contributed by atoms with Gasteiger partial charge in [-0.25, -0.2) is 14.5 Å². The lowest BCUT2D eigenvalue weighted by Crippen LogP contribution is -2.36. The predicted molar refractivity (Wildman–Crippen MR) is 118 cm³/mol. The molecule has 9 heteroatoms. The minimum atomic E-state index is -0.465. The summed E-state index contributed by atoms with van der Waals surface area (Å²) >= 11 is 0. The molecule has 2 atom stereocenters. The van der Waals surface area contributed by atoms with Crippen LogP contribution in [0, 0.1) is 5.82 Å². The van der Waals surface area contributed by atoms with E-state index in [0.29, 0.717) is 29.1 Å². The monoisotopic (exact) mass is 431 g/mol. The van der Waals surface area contributed by atoms with Gasteiger partial charge in [0, 0.05) is 30.1 Å². The van der Waals surface area contributed by atoms with E-state index < -0.39 is 11.4 Å². The van der Waals surface area contributed by atoms with Crippen LogP contribution in [-0.2, 0) is 6.54 Å². The Balaban J connectivity index is 1.47. The number of anilines is 1. The van der Waals surface area contributed by atoms with E-state index in [1.54, 1.807) is 0 Å². The standard InChI is InChI=1S/C23H22FN7O/c24-15-8-16-19-18(9-15)25-10-17(14-4-2-13(3-5-14)11-31-6-1-7-31)20(22-26-12-27-29-22)21(19)28-30-23(16)32/h2-5,8-9,12,17,20,25H,1,6-7,10-11H2,(H,30,32)(H,26,27,29). The summed E-state index contributed by atoms with van der Waals surface area (Å²) in [6.45, 7) is 3.80. The second kappa shape index (κ2) is 7.52. The third-order valence-corrected chi connectivity index (χ3v) is 6.58. The lowest BCUT2D eigenvalue weighted by atomic mass is 9.82. The molecule has 0 bridgehead atoms. The molecule has 1 saturated heterocycles. The van der Waals surface area contributed by atoms with Crippen LogP contribution in [0.2, 0.25) is 0 Å². The van der Waals surface area contributed by atoms with Gasteiger partial charge >= 0.3 is 0 Å². The number of hydrogen-bond donors (Lipinski definition) is 3. The zero-order valence-corrected chi connectivity index (χ0v) is 17.3. The summed E-state index contributed by atoms with van der Waals surface area (Å²) in [5, 5.41) is 18.3. The van der Waals surface area contributed by atoms with E-state index in [0.717, 1.165) is 25.2 Å². The van der Waals surface area contributed by atoms with Crippen molar-refractivity contribution in [3.05, 3.63) is 81.5 Å². The molecule has 2 aliphatic rings. The molecule has 3 N–H and O–H groups in total. The molecule has 4 heterocycles. The highest BCUT2D eigenvalue weighted by Crippen LogP contribution is 2.43. The van der Waals surface area contributed by atoms with Gasteiger partial charge < -0.3 is 5.32 Å². The smallest absolute Gasteiger partial charge is 0.272 e. The van der Waals surface area contributed by atoms with Crippen LogP contribution in [0.3, 0.4) is 0 Å². The topological polar surface area (TPSA) is 103 Å². The number of aromatic amines is 2. The maximum absolute atomic E-state index is 14.3. The molecule has 162 valence electrons. The molecule has 2 unspecified atom stereocenters. The number of nitrogens with zero attached hydrogens (tertiary/aromatic N) is 4. The van der Waals surface area contributed by atoms with E-state index in [2.05, 4.69) is 59.9 Å². The summed E-state index contributed by atoms with van der Waals surface area (Å²) in [7, 11) is 0. The van der Waals surface area contributed by atoms with Crippen molar-refractivity contribution in [2.45, 2.75) is 24.8 Å². The van der Waals surface area contributed by atoms with Gasteiger partial charge in [0.25, 0.3) is 5.56 Å². The molecule has 1 fully saturated rings. The second-order valence-corrected chi connectivity index (χ2v) is 8.52. The Hall–Kier alpha value is -3.59. The van der Waals surface area contributed by atoms with Crippen molar-refractivity contribution in [3.8, 4) is 0 Å². The quantitative estimate of drug-likeness (QED) is 0.459. The van der Waals surface area contributed by atoms with Gasteiger partial charge in [0.2, 0.25) is 0 Å². The molecule has 0 saturated carbocycles. The molecule has 2 aromatic heterocycles. The molecular formula is C23H22FN7O. The molecule has 8 nitrogen and oxygen atoms in total. The Kier molecular flexibility index (Phi) is 4.50. The first-order valence-electron chi connectivity index (χ1n) is 10.8. The van der Waals surface area contributed by atoms with Crippen molar-refractivity contribution in [1.29, 1.82) is 0 Å². The van der Waals surface area contributed by atoms with Gasteiger partial charge in [-0.1, -0.05) is 24.3 Å². The summed E-state index contributed by atoms with van der Waals surface area (Å²) in [5.74, 6) is -0.164. The van der Waals surface area contributed by atoms with Gasteiger partial charge in [-0.15, -0.1) is 0 Å². The predicted octanol–water partition coefficient (Wildman–Crippen LogP) is 2.73. The minimum absolute atomic E-state index is 0.0573. The highest BCUT2D eigenvalue weighted by molar-refractivity contribution is 5.96. The van der Waals surface area contributed by atoms with Crippen molar-refractivity contribution in [1.82, 2.24) is 30.3 Å². The number of hydrogen-bond acceptors (Lipinski definition) is 6. The molecule has 0 spiro atoms. The van der Waals surface area contributed by atoms with Crippen molar-refractivity contribution >= 4 is 16.5 Å².